The van der Waals surface area contributed by atoms with E-state index in [1.54, 1.807) is 0 Å². The van der Waals surface area contributed by atoms with Crippen molar-refractivity contribution in [3.63, 3.8) is 0 Å². The molecule has 0 aliphatic heterocycles. The largest absolute Gasteiger partial charge is 0.353 e. The second kappa shape index (κ2) is 7.70. The Labute approximate surface area is 106 Å². The lowest BCUT2D eigenvalue weighted by molar-refractivity contribution is -0.120. The van der Waals surface area contributed by atoms with Crippen LogP contribution in [0.1, 0.15) is 52.9 Å². The van der Waals surface area contributed by atoms with Crippen LogP contribution in [0.3, 0.4) is 0 Å². The van der Waals surface area contributed by atoms with Gasteiger partial charge < -0.3 is 10.6 Å². The molecular weight excluding hydrogens is 212 g/mol. The maximum absolute atomic E-state index is 11.6. The van der Waals surface area contributed by atoms with E-state index in [1.807, 2.05) is 0 Å². The summed E-state index contributed by atoms with van der Waals surface area (Å²) in [6.07, 6.45) is 6.21. The summed E-state index contributed by atoms with van der Waals surface area (Å²) in [6, 6.07) is 0.309. The molecule has 0 heterocycles. The SMILES string of the molecule is CC(C)CCCC(C)NC(=O)CNCC1CC1. The summed E-state index contributed by atoms with van der Waals surface area (Å²) < 4.78 is 0. The molecule has 1 rings (SSSR count). The zero-order chi connectivity index (χ0) is 12.7. The van der Waals surface area contributed by atoms with Crippen LogP contribution in [0.25, 0.3) is 0 Å². The third-order valence-corrected chi connectivity index (χ3v) is 3.24. The van der Waals surface area contributed by atoms with E-state index in [4.69, 9.17) is 0 Å². The van der Waals surface area contributed by atoms with E-state index in [0.29, 0.717) is 12.6 Å². The van der Waals surface area contributed by atoms with Crippen LogP contribution in [0.2, 0.25) is 0 Å². The van der Waals surface area contributed by atoms with Crippen LogP contribution in [-0.2, 0) is 4.79 Å². The van der Waals surface area contributed by atoms with Gasteiger partial charge >= 0.3 is 0 Å². The van der Waals surface area contributed by atoms with Gasteiger partial charge in [-0.25, -0.2) is 0 Å². The molecule has 0 bridgehead atoms. The van der Waals surface area contributed by atoms with E-state index in [-0.39, 0.29) is 5.91 Å². The smallest absolute Gasteiger partial charge is 0.234 e. The van der Waals surface area contributed by atoms with Gasteiger partial charge in [-0.2, -0.15) is 0 Å². The molecular formula is C14H28N2O. The van der Waals surface area contributed by atoms with Crippen molar-refractivity contribution < 1.29 is 4.79 Å². The fraction of sp³-hybridized carbons (Fsp3) is 0.929. The van der Waals surface area contributed by atoms with Gasteiger partial charge in [0.2, 0.25) is 5.91 Å². The fourth-order valence-corrected chi connectivity index (χ4v) is 1.94. The second-order valence-electron chi connectivity index (χ2n) is 5.87. The molecule has 3 nitrogen and oxygen atoms in total. The Bertz CT molecular complexity index is 224. The molecule has 1 aliphatic rings. The van der Waals surface area contributed by atoms with Crippen molar-refractivity contribution in [3.05, 3.63) is 0 Å². The molecule has 3 heteroatoms. The molecule has 0 spiro atoms. The summed E-state index contributed by atoms with van der Waals surface area (Å²) in [5, 5.41) is 6.26. The van der Waals surface area contributed by atoms with Gasteiger partial charge in [0.1, 0.15) is 0 Å². The highest BCUT2D eigenvalue weighted by Crippen LogP contribution is 2.27. The number of carbonyl (C=O) groups is 1. The number of amides is 1. The predicted octanol–water partition coefficient (Wildman–Crippen LogP) is 2.32. The van der Waals surface area contributed by atoms with Crippen LogP contribution in [0.15, 0.2) is 0 Å². The molecule has 1 amide bonds. The van der Waals surface area contributed by atoms with Crippen LogP contribution in [-0.4, -0.2) is 25.0 Å². The predicted molar refractivity (Wildman–Crippen MR) is 71.9 cm³/mol. The first-order valence-electron chi connectivity index (χ1n) is 7.08. The Morgan fingerprint density at radius 2 is 1.94 bits per heavy atom. The van der Waals surface area contributed by atoms with Gasteiger partial charge in [-0.3, -0.25) is 4.79 Å². The molecule has 1 aliphatic carbocycles. The minimum absolute atomic E-state index is 0.141. The molecule has 17 heavy (non-hydrogen) atoms. The molecule has 2 N–H and O–H groups in total. The van der Waals surface area contributed by atoms with E-state index in [9.17, 15) is 4.79 Å². The first-order chi connectivity index (χ1) is 8.08. The highest BCUT2D eigenvalue weighted by molar-refractivity contribution is 5.78. The summed E-state index contributed by atoms with van der Waals surface area (Å²) in [5.41, 5.74) is 0. The number of hydrogen-bond donors (Lipinski definition) is 2. The highest BCUT2D eigenvalue weighted by Gasteiger charge is 2.20. The maximum Gasteiger partial charge on any atom is 0.234 e. The molecule has 0 aromatic rings. The lowest BCUT2D eigenvalue weighted by Crippen LogP contribution is -2.39. The second-order valence-corrected chi connectivity index (χ2v) is 5.87. The van der Waals surface area contributed by atoms with Crippen LogP contribution in [0.5, 0.6) is 0 Å². The summed E-state index contributed by atoms with van der Waals surface area (Å²) in [7, 11) is 0. The minimum Gasteiger partial charge on any atom is -0.353 e. The fourth-order valence-electron chi connectivity index (χ4n) is 1.94. The first-order valence-corrected chi connectivity index (χ1v) is 7.08. The van der Waals surface area contributed by atoms with Gasteiger partial charge in [-0.1, -0.05) is 26.7 Å². The van der Waals surface area contributed by atoms with Crippen molar-refractivity contribution in [3.8, 4) is 0 Å². The van der Waals surface area contributed by atoms with Crippen molar-refractivity contribution >= 4 is 5.91 Å². The minimum atomic E-state index is 0.141. The topological polar surface area (TPSA) is 41.1 Å². The van der Waals surface area contributed by atoms with Crippen molar-refractivity contribution in [1.82, 2.24) is 10.6 Å². The lowest BCUT2D eigenvalue weighted by Gasteiger charge is -2.14. The molecule has 1 saturated carbocycles. The van der Waals surface area contributed by atoms with E-state index >= 15 is 0 Å². The molecule has 0 aromatic carbocycles. The normalized spacial score (nSPS) is 17.2. The van der Waals surface area contributed by atoms with Gasteiger partial charge in [0.25, 0.3) is 0 Å². The van der Waals surface area contributed by atoms with Crippen LogP contribution >= 0.6 is 0 Å². The number of hydrogen-bond acceptors (Lipinski definition) is 2. The van der Waals surface area contributed by atoms with Gasteiger partial charge in [0.05, 0.1) is 6.54 Å². The van der Waals surface area contributed by atoms with Gasteiger partial charge in [-0.05, 0) is 44.6 Å². The third kappa shape index (κ3) is 8.19. The zero-order valence-corrected chi connectivity index (χ0v) is 11.6. The van der Waals surface area contributed by atoms with Gasteiger partial charge in [0.15, 0.2) is 0 Å². The third-order valence-electron chi connectivity index (χ3n) is 3.24. The Kier molecular flexibility index (Phi) is 6.56. The van der Waals surface area contributed by atoms with E-state index in [0.717, 1.165) is 24.8 Å². The Morgan fingerprint density at radius 1 is 1.24 bits per heavy atom. The Balaban J connectivity index is 1.95. The lowest BCUT2D eigenvalue weighted by atomic mass is 10.0. The molecule has 1 fully saturated rings. The van der Waals surface area contributed by atoms with Gasteiger partial charge in [0, 0.05) is 6.04 Å². The number of rotatable bonds is 9. The molecule has 0 radical (unpaired) electrons. The van der Waals surface area contributed by atoms with Crippen molar-refractivity contribution in [2.45, 2.75) is 58.9 Å². The first kappa shape index (κ1) is 14.5. The van der Waals surface area contributed by atoms with E-state index < -0.39 is 0 Å². The summed E-state index contributed by atoms with van der Waals surface area (Å²) >= 11 is 0. The van der Waals surface area contributed by atoms with Crippen molar-refractivity contribution in [2.75, 3.05) is 13.1 Å². The molecule has 1 atom stereocenters. The van der Waals surface area contributed by atoms with Gasteiger partial charge in [-0.15, -0.1) is 0 Å². The average molecular weight is 240 g/mol. The average Bonchev–Trinajstić information content (AvgIpc) is 3.00. The van der Waals surface area contributed by atoms with E-state index in [1.165, 1.54) is 25.7 Å². The molecule has 0 aromatic heterocycles. The summed E-state index contributed by atoms with van der Waals surface area (Å²) in [4.78, 5) is 11.6. The van der Waals surface area contributed by atoms with Crippen molar-refractivity contribution in [2.24, 2.45) is 11.8 Å². The monoisotopic (exact) mass is 240 g/mol. The maximum atomic E-state index is 11.6. The molecule has 0 saturated heterocycles. The molecule has 100 valence electrons. The van der Waals surface area contributed by atoms with Crippen LogP contribution in [0.4, 0.5) is 0 Å². The summed E-state index contributed by atoms with van der Waals surface area (Å²) in [5.74, 6) is 1.74. The Morgan fingerprint density at radius 3 is 2.53 bits per heavy atom. The Hall–Kier alpha value is -0.570. The quantitative estimate of drug-likeness (QED) is 0.649. The standard InChI is InChI=1S/C14H28N2O/c1-11(2)5-4-6-12(3)16-14(17)10-15-9-13-7-8-13/h11-13,15H,4-10H2,1-3H3,(H,16,17). The van der Waals surface area contributed by atoms with Crippen LogP contribution in [0, 0.1) is 11.8 Å². The number of carbonyl (C=O) groups excluding carboxylic acids is 1. The summed E-state index contributed by atoms with van der Waals surface area (Å²) in [6.45, 7) is 8.06. The zero-order valence-electron chi connectivity index (χ0n) is 11.6. The van der Waals surface area contributed by atoms with Crippen LogP contribution < -0.4 is 10.6 Å². The van der Waals surface area contributed by atoms with E-state index in [2.05, 4.69) is 31.4 Å². The highest BCUT2D eigenvalue weighted by atomic mass is 16.1. The number of nitrogens with one attached hydrogen (secondary N) is 2. The molecule has 1 unspecified atom stereocenters. The van der Waals surface area contributed by atoms with Crippen molar-refractivity contribution in [1.29, 1.82) is 0 Å².